The lowest BCUT2D eigenvalue weighted by Crippen LogP contribution is -2.24. The van der Waals surface area contributed by atoms with Gasteiger partial charge in [0.2, 0.25) is 0 Å². The zero-order valence-corrected chi connectivity index (χ0v) is 13.7. The maximum absolute atomic E-state index is 11.7. The molecule has 2 aromatic rings. The average Bonchev–Trinajstić information content (AvgIpc) is 3.10. The van der Waals surface area contributed by atoms with Crippen LogP contribution in [0.3, 0.4) is 0 Å². The summed E-state index contributed by atoms with van der Waals surface area (Å²) in [6.07, 6.45) is 5.62. The van der Waals surface area contributed by atoms with Crippen LogP contribution < -0.4 is 10.3 Å². The van der Waals surface area contributed by atoms with Crippen molar-refractivity contribution in [2.75, 3.05) is 18.0 Å². The number of hydrogen-bond donors (Lipinski definition) is 2. The van der Waals surface area contributed by atoms with Crippen LogP contribution in [-0.4, -0.2) is 30.2 Å². The molecule has 1 aromatic heterocycles. The van der Waals surface area contributed by atoms with Gasteiger partial charge in [-0.15, -0.1) is 0 Å². The summed E-state index contributed by atoms with van der Waals surface area (Å²) in [6.45, 7) is 6.51. The molecule has 0 saturated heterocycles. The van der Waals surface area contributed by atoms with Gasteiger partial charge in [-0.25, -0.2) is 5.43 Å². The first kappa shape index (κ1) is 16.8. The number of aromatic nitrogens is 1. The lowest BCUT2D eigenvalue weighted by molar-refractivity contribution is 0.0951. The van der Waals surface area contributed by atoms with Gasteiger partial charge in [-0.05, 0) is 42.7 Å². The third kappa shape index (κ3) is 4.98. The van der Waals surface area contributed by atoms with Crippen molar-refractivity contribution in [2.45, 2.75) is 26.7 Å². The number of nitrogens with zero attached hydrogens (tertiary/aromatic N) is 2. The predicted molar refractivity (Wildman–Crippen MR) is 95.1 cm³/mol. The Morgan fingerprint density at radius 2 is 1.87 bits per heavy atom. The second-order valence-corrected chi connectivity index (χ2v) is 5.36. The van der Waals surface area contributed by atoms with Crippen LogP contribution in [0.2, 0.25) is 0 Å². The van der Waals surface area contributed by atoms with Gasteiger partial charge in [0.05, 0.1) is 6.21 Å². The van der Waals surface area contributed by atoms with Crippen LogP contribution in [0.25, 0.3) is 0 Å². The van der Waals surface area contributed by atoms with Crippen LogP contribution in [0.5, 0.6) is 0 Å². The van der Waals surface area contributed by atoms with E-state index in [4.69, 9.17) is 0 Å². The van der Waals surface area contributed by atoms with E-state index in [-0.39, 0.29) is 5.91 Å². The van der Waals surface area contributed by atoms with Gasteiger partial charge in [0.15, 0.2) is 0 Å². The van der Waals surface area contributed by atoms with E-state index < -0.39 is 0 Å². The Kier molecular flexibility index (Phi) is 6.41. The van der Waals surface area contributed by atoms with Crippen LogP contribution in [-0.2, 0) is 0 Å². The highest BCUT2D eigenvalue weighted by Crippen LogP contribution is 2.15. The molecule has 1 aromatic carbocycles. The Bertz CT molecular complexity index is 611. The standard InChI is InChI=1S/C18H24N4O/c1-3-12-22(13-4-2)16-9-7-15(8-10-16)14-20-21-18(23)17-6-5-11-19-17/h5-11,14,19H,3-4,12-13H2,1-2H3,(H,21,23)/b20-14-. The number of rotatable bonds is 8. The molecule has 0 bridgehead atoms. The normalized spacial score (nSPS) is 10.9. The highest BCUT2D eigenvalue weighted by molar-refractivity contribution is 5.93. The van der Waals surface area contributed by atoms with Crippen LogP contribution in [0, 0.1) is 0 Å². The Morgan fingerprint density at radius 1 is 1.17 bits per heavy atom. The zero-order valence-electron chi connectivity index (χ0n) is 13.7. The monoisotopic (exact) mass is 312 g/mol. The number of H-pyrrole nitrogens is 1. The highest BCUT2D eigenvalue weighted by Gasteiger charge is 2.04. The predicted octanol–water partition coefficient (Wildman–Crippen LogP) is 3.41. The zero-order chi connectivity index (χ0) is 16.5. The van der Waals surface area contributed by atoms with E-state index in [1.54, 1.807) is 24.5 Å². The van der Waals surface area contributed by atoms with E-state index in [1.807, 2.05) is 12.1 Å². The molecule has 0 unspecified atom stereocenters. The first-order chi connectivity index (χ1) is 11.2. The molecule has 2 rings (SSSR count). The molecule has 0 radical (unpaired) electrons. The minimum Gasteiger partial charge on any atom is -0.372 e. The van der Waals surface area contributed by atoms with Crippen LogP contribution in [0.15, 0.2) is 47.7 Å². The second-order valence-electron chi connectivity index (χ2n) is 5.36. The van der Waals surface area contributed by atoms with Gasteiger partial charge in [0.25, 0.3) is 5.91 Å². The number of hydrogen-bond acceptors (Lipinski definition) is 3. The molecule has 1 heterocycles. The van der Waals surface area contributed by atoms with Gasteiger partial charge in [-0.2, -0.15) is 5.10 Å². The van der Waals surface area contributed by atoms with Crippen molar-refractivity contribution in [3.63, 3.8) is 0 Å². The molecule has 0 saturated carbocycles. The minimum absolute atomic E-state index is 0.250. The molecule has 5 nitrogen and oxygen atoms in total. The number of aromatic amines is 1. The van der Waals surface area contributed by atoms with Gasteiger partial charge < -0.3 is 9.88 Å². The average molecular weight is 312 g/mol. The number of anilines is 1. The second kappa shape index (κ2) is 8.78. The van der Waals surface area contributed by atoms with Gasteiger partial charge in [0, 0.05) is 25.0 Å². The van der Waals surface area contributed by atoms with E-state index in [9.17, 15) is 4.79 Å². The first-order valence-corrected chi connectivity index (χ1v) is 8.06. The van der Waals surface area contributed by atoms with Crippen molar-refractivity contribution < 1.29 is 4.79 Å². The molecule has 0 aliphatic carbocycles. The molecule has 1 amide bonds. The van der Waals surface area contributed by atoms with Crippen molar-refractivity contribution in [3.8, 4) is 0 Å². The molecular formula is C18H24N4O. The lowest BCUT2D eigenvalue weighted by Gasteiger charge is -2.23. The molecule has 0 aliphatic rings. The van der Waals surface area contributed by atoms with Crippen molar-refractivity contribution in [1.82, 2.24) is 10.4 Å². The van der Waals surface area contributed by atoms with Gasteiger partial charge in [0.1, 0.15) is 5.69 Å². The maximum Gasteiger partial charge on any atom is 0.287 e. The van der Waals surface area contributed by atoms with E-state index in [0.29, 0.717) is 5.69 Å². The molecule has 0 aliphatic heterocycles. The Balaban J connectivity index is 1.93. The van der Waals surface area contributed by atoms with Crippen LogP contribution in [0.4, 0.5) is 5.69 Å². The maximum atomic E-state index is 11.7. The van der Waals surface area contributed by atoms with Gasteiger partial charge in [-0.3, -0.25) is 4.79 Å². The molecule has 0 spiro atoms. The number of benzene rings is 1. The Labute approximate surface area is 137 Å². The van der Waals surface area contributed by atoms with E-state index >= 15 is 0 Å². The summed E-state index contributed by atoms with van der Waals surface area (Å²) in [5, 5.41) is 3.99. The highest BCUT2D eigenvalue weighted by atomic mass is 16.2. The summed E-state index contributed by atoms with van der Waals surface area (Å²) in [5.74, 6) is -0.250. The van der Waals surface area contributed by atoms with Crippen molar-refractivity contribution >= 4 is 17.8 Å². The first-order valence-electron chi connectivity index (χ1n) is 8.06. The molecule has 0 atom stereocenters. The van der Waals surface area contributed by atoms with Crippen molar-refractivity contribution in [2.24, 2.45) is 5.10 Å². The summed E-state index contributed by atoms with van der Waals surface area (Å²) in [4.78, 5) is 16.9. The number of carbonyl (C=O) groups is 1. The van der Waals surface area contributed by atoms with E-state index in [0.717, 1.165) is 31.5 Å². The fourth-order valence-corrected chi connectivity index (χ4v) is 2.38. The molecule has 23 heavy (non-hydrogen) atoms. The lowest BCUT2D eigenvalue weighted by atomic mass is 10.2. The quantitative estimate of drug-likeness (QED) is 0.579. The van der Waals surface area contributed by atoms with Crippen molar-refractivity contribution in [3.05, 3.63) is 53.9 Å². The molecule has 2 N–H and O–H groups in total. The largest absolute Gasteiger partial charge is 0.372 e. The molecule has 122 valence electrons. The number of hydrazone groups is 1. The van der Waals surface area contributed by atoms with Crippen LogP contribution in [0.1, 0.15) is 42.7 Å². The third-order valence-electron chi connectivity index (χ3n) is 3.47. The Hall–Kier alpha value is -2.56. The minimum atomic E-state index is -0.250. The van der Waals surface area contributed by atoms with Crippen LogP contribution >= 0.6 is 0 Å². The van der Waals surface area contributed by atoms with Gasteiger partial charge in [-0.1, -0.05) is 26.0 Å². The fraction of sp³-hybridized carbons (Fsp3) is 0.333. The summed E-state index contributed by atoms with van der Waals surface area (Å²) >= 11 is 0. The summed E-state index contributed by atoms with van der Waals surface area (Å²) in [5.41, 5.74) is 5.17. The number of amides is 1. The molecular weight excluding hydrogens is 288 g/mol. The summed E-state index contributed by atoms with van der Waals surface area (Å²) in [6, 6.07) is 11.7. The number of nitrogens with one attached hydrogen (secondary N) is 2. The fourth-order valence-electron chi connectivity index (χ4n) is 2.38. The topological polar surface area (TPSA) is 60.5 Å². The number of carbonyl (C=O) groups excluding carboxylic acids is 1. The Morgan fingerprint density at radius 3 is 2.43 bits per heavy atom. The molecule has 5 heteroatoms. The summed E-state index contributed by atoms with van der Waals surface area (Å²) in [7, 11) is 0. The van der Waals surface area contributed by atoms with Gasteiger partial charge >= 0.3 is 0 Å². The van der Waals surface area contributed by atoms with Crippen molar-refractivity contribution in [1.29, 1.82) is 0 Å². The smallest absolute Gasteiger partial charge is 0.287 e. The van der Waals surface area contributed by atoms with E-state index in [2.05, 4.69) is 46.4 Å². The molecule has 0 fully saturated rings. The van der Waals surface area contributed by atoms with E-state index in [1.165, 1.54) is 5.69 Å². The summed E-state index contributed by atoms with van der Waals surface area (Å²) < 4.78 is 0. The third-order valence-corrected chi connectivity index (χ3v) is 3.47. The SMILES string of the molecule is CCCN(CCC)c1ccc(/C=N\NC(=O)c2ccc[nH]2)cc1.